The average molecular weight is 571 g/mol. The number of nitrogens with zero attached hydrogens (tertiary/aromatic N) is 4. The van der Waals surface area contributed by atoms with Gasteiger partial charge in [-0.3, -0.25) is 0 Å². The van der Waals surface area contributed by atoms with Gasteiger partial charge in [0, 0.05) is 43.2 Å². The second-order valence-electron chi connectivity index (χ2n) is 11.0. The zero-order valence-corrected chi connectivity index (χ0v) is 24.0. The van der Waals surface area contributed by atoms with Crippen LogP contribution in [0.3, 0.4) is 0 Å². The number of aromatic nitrogens is 2. The Labute approximate surface area is 230 Å². The Bertz CT molecular complexity index is 1270. The van der Waals surface area contributed by atoms with E-state index < -0.39 is 34.8 Å². The average Bonchev–Trinajstić information content (AvgIpc) is 2.82. The van der Waals surface area contributed by atoms with Crippen LogP contribution in [0.1, 0.15) is 67.3 Å². The minimum absolute atomic E-state index is 0.0191. The predicted molar refractivity (Wildman–Crippen MR) is 141 cm³/mol. The van der Waals surface area contributed by atoms with Crippen LogP contribution in [0.15, 0.2) is 11.2 Å². The number of hydrogen-bond acceptors (Lipinski definition) is 7. The first-order chi connectivity index (χ1) is 18.1. The van der Waals surface area contributed by atoms with Gasteiger partial charge < -0.3 is 19.3 Å². The minimum Gasteiger partial charge on any atom is -0.444 e. The topological polar surface area (TPSA) is 67.8 Å². The Balaban J connectivity index is 1.65. The van der Waals surface area contributed by atoms with E-state index in [1.54, 1.807) is 4.90 Å². The van der Waals surface area contributed by atoms with E-state index in [1.165, 1.54) is 31.7 Å². The molecule has 39 heavy (non-hydrogen) atoms. The van der Waals surface area contributed by atoms with Gasteiger partial charge in [0.15, 0.2) is 5.16 Å². The summed E-state index contributed by atoms with van der Waals surface area (Å²) in [6.07, 6.45) is -4.46. The van der Waals surface area contributed by atoms with Crippen LogP contribution in [-0.2, 0) is 28.7 Å². The van der Waals surface area contributed by atoms with Crippen LogP contribution in [0, 0.1) is 19.7 Å². The largest absolute Gasteiger partial charge is 0.444 e. The van der Waals surface area contributed by atoms with Gasteiger partial charge in [-0.15, -0.1) is 0 Å². The molecule has 4 rings (SSSR count). The molecular weight excluding hydrogens is 536 g/mol. The SMILES string of the molecule is CSc1nc2c(c(N3CCN(C(=O)OC(C)(C)C)[C@@H](C)C3)n1)COC(c1c(F)c(C)cc(C)c1C(F)(F)F)C2. The second kappa shape index (κ2) is 10.8. The molecule has 0 radical (unpaired) electrons. The Kier molecular flexibility index (Phi) is 8.11. The van der Waals surface area contributed by atoms with E-state index in [-0.39, 0.29) is 36.3 Å². The molecule has 2 atom stereocenters. The van der Waals surface area contributed by atoms with E-state index in [4.69, 9.17) is 14.5 Å². The summed E-state index contributed by atoms with van der Waals surface area (Å²) in [7, 11) is 0. The third-order valence-corrected chi connectivity index (χ3v) is 7.43. The number of anilines is 1. The standard InChI is InChI=1S/C27H34F4N4O3S/c1-14-10-15(2)22(28)20(21(14)27(29,30)31)19-11-18-17(13-37-19)23(33-24(32-18)39-7)34-8-9-35(16(3)12-34)25(36)38-26(4,5)6/h10,16,19H,8-9,11-13H2,1-7H3/t16-,19?/m0/s1. The molecule has 2 aliphatic rings. The molecular formula is C27H34F4N4O3S. The molecule has 1 unspecified atom stereocenters. The van der Waals surface area contributed by atoms with Crippen LogP contribution in [0.2, 0.25) is 0 Å². The zero-order chi connectivity index (χ0) is 28.9. The number of thioether (sulfide) groups is 1. The number of carbonyl (C=O) groups excluding carboxylic acids is 1. The van der Waals surface area contributed by atoms with Crippen LogP contribution in [0.5, 0.6) is 0 Å². The first-order valence-electron chi connectivity index (χ1n) is 12.8. The Hall–Kier alpha value is -2.60. The third-order valence-electron chi connectivity index (χ3n) is 6.88. The number of carbonyl (C=O) groups is 1. The molecule has 1 amide bonds. The van der Waals surface area contributed by atoms with E-state index in [0.29, 0.717) is 41.9 Å². The smallest absolute Gasteiger partial charge is 0.417 e. The van der Waals surface area contributed by atoms with Gasteiger partial charge in [0.2, 0.25) is 0 Å². The van der Waals surface area contributed by atoms with Crippen molar-refractivity contribution in [3.05, 3.63) is 45.4 Å². The number of alkyl halides is 3. The Morgan fingerprint density at radius 1 is 1.15 bits per heavy atom. The van der Waals surface area contributed by atoms with Gasteiger partial charge >= 0.3 is 12.3 Å². The van der Waals surface area contributed by atoms with Crippen molar-refractivity contribution in [3.63, 3.8) is 0 Å². The monoisotopic (exact) mass is 570 g/mol. The lowest BCUT2D eigenvalue weighted by Gasteiger charge is -2.41. The predicted octanol–water partition coefficient (Wildman–Crippen LogP) is 6.23. The first-order valence-corrected chi connectivity index (χ1v) is 14.0. The molecule has 1 aromatic heterocycles. The number of hydrogen-bond donors (Lipinski definition) is 0. The summed E-state index contributed by atoms with van der Waals surface area (Å²) in [4.78, 5) is 25.7. The molecule has 2 aromatic rings. The molecule has 1 saturated heterocycles. The number of aryl methyl sites for hydroxylation is 2. The highest BCUT2D eigenvalue weighted by molar-refractivity contribution is 7.98. The van der Waals surface area contributed by atoms with E-state index in [1.807, 2.05) is 38.9 Å². The Morgan fingerprint density at radius 3 is 2.44 bits per heavy atom. The van der Waals surface area contributed by atoms with Crippen LogP contribution in [0.4, 0.5) is 28.2 Å². The van der Waals surface area contributed by atoms with E-state index in [0.717, 1.165) is 0 Å². The molecule has 2 aliphatic heterocycles. The van der Waals surface area contributed by atoms with Crippen molar-refractivity contribution < 1.29 is 31.8 Å². The molecule has 3 heterocycles. The van der Waals surface area contributed by atoms with Crippen molar-refractivity contribution in [1.29, 1.82) is 0 Å². The van der Waals surface area contributed by atoms with Gasteiger partial charge in [0.05, 0.1) is 24.0 Å². The molecule has 7 nitrogen and oxygen atoms in total. The molecule has 0 saturated carbocycles. The van der Waals surface area contributed by atoms with Gasteiger partial charge in [-0.05, 0) is 58.9 Å². The van der Waals surface area contributed by atoms with Gasteiger partial charge in [-0.1, -0.05) is 17.8 Å². The number of ether oxygens (including phenoxy) is 2. The van der Waals surface area contributed by atoms with Crippen LogP contribution < -0.4 is 4.90 Å². The lowest BCUT2D eigenvalue weighted by atomic mass is 9.90. The van der Waals surface area contributed by atoms with E-state index in [9.17, 15) is 18.0 Å². The Morgan fingerprint density at radius 2 is 1.85 bits per heavy atom. The number of amides is 1. The molecule has 12 heteroatoms. The van der Waals surface area contributed by atoms with Crippen molar-refractivity contribution >= 4 is 23.7 Å². The van der Waals surface area contributed by atoms with Crippen LogP contribution in [-0.4, -0.2) is 58.5 Å². The molecule has 0 spiro atoms. The van der Waals surface area contributed by atoms with Crippen molar-refractivity contribution in [1.82, 2.24) is 14.9 Å². The summed E-state index contributed by atoms with van der Waals surface area (Å²) in [5.41, 5.74) is -0.788. The fourth-order valence-electron chi connectivity index (χ4n) is 5.18. The summed E-state index contributed by atoms with van der Waals surface area (Å²) < 4.78 is 68.7. The summed E-state index contributed by atoms with van der Waals surface area (Å²) in [5, 5.41) is 0.462. The number of piperazine rings is 1. The highest BCUT2D eigenvalue weighted by Gasteiger charge is 2.41. The van der Waals surface area contributed by atoms with Crippen LogP contribution in [0.25, 0.3) is 0 Å². The molecule has 0 aliphatic carbocycles. The maximum Gasteiger partial charge on any atom is 0.417 e. The number of fused-ring (bicyclic) bond motifs is 1. The number of halogens is 4. The van der Waals surface area contributed by atoms with Crippen molar-refractivity contribution in [3.8, 4) is 0 Å². The van der Waals surface area contributed by atoms with Gasteiger partial charge in [0.1, 0.15) is 17.2 Å². The summed E-state index contributed by atoms with van der Waals surface area (Å²) in [6, 6.07) is 1.04. The minimum atomic E-state index is -4.73. The normalized spacial score (nSPS) is 20.2. The lowest BCUT2D eigenvalue weighted by molar-refractivity contribution is -0.140. The number of rotatable bonds is 3. The summed E-state index contributed by atoms with van der Waals surface area (Å²) in [6.45, 7) is 11.5. The highest BCUT2D eigenvalue weighted by atomic mass is 32.2. The van der Waals surface area contributed by atoms with Gasteiger partial charge in [-0.25, -0.2) is 19.2 Å². The van der Waals surface area contributed by atoms with Crippen molar-refractivity contribution in [2.45, 2.75) is 83.6 Å². The number of benzene rings is 1. The molecule has 1 aromatic carbocycles. The maximum atomic E-state index is 15.2. The zero-order valence-electron chi connectivity index (χ0n) is 23.2. The van der Waals surface area contributed by atoms with Gasteiger partial charge in [-0.2, -0.15) is 13.2 Å². The molecule has 214 valence electrons. The molecule has 0 bridgehead atoms. The lowest BCUT2D eigenvalue weighted by Crippen LogP contribution is -2.55. The molecule has 1 fully saturated rings. The van der Waals surface area contributed by atoms with Crippen molar-refractivity contribution in [2.75, 3.05) is 30.8 Å². The van der Waals surface area contributed by atoms with E-state index in [2.05, 4.69) is 4.98 Å². The third kappa shape index (κ3) is 6.11. The second-order valence-corrected chi connectivity index (χ2v) is 11.8. The fourth-order valence-corrected chi connectivity index (χ4v) is 5.56. The van der Waals surface area contributed by atoms with Crippen LogP contribution >= 0.6 is 11.8 Å². The summed E-state index contributed by atoms with van der Waals surface area (Å²) >= 11 is 1.32. The van der Waals surface area contributed by atoms with Gasteiger partial charge in [0.25, 0.3) is 0 Å². The quantitative estimate of drug-likeness (QED) is 0.246. The highest BCUT2D eigenvalue weighted by Crippen LogP contribution is 2.44. The first kappa shape index (κ1) is 29.4. The summed E-state index contributed by atoms with van der Waals surface area (Å²) in [5.74, 6) is -0.289. The fraction of sp³-hybridized carbons (Fsp3) is 0.593. The van der Waals surface area contributed by atoms with Crippen molar-refractivity contribution in [2.24, 2.45) is 0 Å². The maximum absolute atomic E-state index is 15.2. The molecule has 0 N–H and O–H groups in total. The van der Waals surface area contributed by atoms with E-state index >= 15 is 4.39 Å².